The van der Waals surface area contributed by atoms with Crippen molar-refractivity contribution in [2.45, 2.75) is 38.1 Å². The zero-order valence-corrected chi connectivity index (χ0v) is 7.73. The van der Waals surface area contributed by atoms with Crippen molar-refractivity contribution in [1.29, 1.82) is 0 Å². The van der Waals surface area contributed by atoms with Gasteiger partial charge in [0.05, 0.1) is 12.2 Å². The lowest BCUT2D eigenvalue weighted by molar-refractivity contribution is -0.0297. The summed E-state index contributed by atoms with van der Waals surface area (Å²) in [4.78, 5) is 2.93. The Morgan fingerprint density at radius 3 is 3.00 bits per heavy atom. The van der Waals surface area contributed by atoms with Crippen LogP contribution in [0.25, 0.3) is 0 Å². The van der Waals surface area contributed by atoms with Crippen LogP contribution in [-0.2, 0) is 4.74 Å². The van der Waals surface area contributed by atoms with Crippen LogP contribution in [-0.4, -0.2) is 22.3 Å². The molecule has 3 nitrogen and oxygen atoms in total. The molecule has 0 amide bonds. The zero-order chi connectivity index (χ0) is 9.26. The molecule has 0 bridgehead atoms. The third kappa shape index (κ3) is 1.76. The van der Waals surface area contributed by atoms with Crippen molar-refractivity contribution < 1.29 is 9.84 Å². The minimum atomic E-state index is -0.476. The fourth-order valence-corrected chi connectivity index (χ4v) is 1.80. The molecule has 0 saturated carbocycles. The average Bonchev–Trinajstić information content (AvgIpc) is 2.72. The third-order valence-electron chi connectivity index (χ3n) is 2.58. The van der Waals surface area contributed by atoms with E-state index in [1.54, 1.807) is 0 Å². The van der Waals surface area contributed by atoms with Gasteiger partial charge in [-0.15, -0.1) is 0 Å². The minimum Gasteiger partial charge on any atom is -0.386 e. The highest BCUT2D eigenvalue weighted by atomic mass is 16.5. The first-order valence-electron chi connectivity index (χ1n) is 4.73. The highest BCUT2D eigenvalue weighted by Gasteiger charge is 2.29. The summed E-state index contributed by atoms with van der Waals surface area (Å²) in [6.45, 7) is 2.05. The van der Waals surface area contributed by atoms with Crippen LogP contribution in [0.1, 0.15) is 31.4 Å². The van der Waals surface area contributed by atoms with E-state index in [0.29, 0.717) is 6.10 Å². The second-order valence-corrected chi connectivity index (χ2v) is 3.65. The topological polar surface area (TPSA) is 45.2 Å². The normalized spacial score (nSPS) is 30.6. The Morgan fingerprint density at radius 1 is 1.62 bits per heavy atom. The van der Waals surface area contributed by atoms with Gasteiger partial charge in [-0.05, 0) is 25.8 Å². The number of aliphatic hydroxyl groups is 1. The van der Waals surface area contributed by atoms with Crippen LogP contribution >= 0.6 is 0 Å². The molecule has 1 aliphatic rings. The van der Waals surface area contributed by atoms with Crippen LogP contribution in [0.15, 0.2) is 18.5 Å². The summed E-state index contributed by atoms with van der Waals surface area (Å²) in [5, 5.41) is 9.88. The van der Waals surface area contributed by atoms with E-state index < -0.39 is 6.10 Å². The Labute approximate surface area is 77.7 Å². The van der Waals surface area contributed by atoms with Crippen molar-refractivity contribution in [2.24, 2.45) is 0 Å². The van der Waals surface area contributed by atoms with Gasteiger partial charge in [0.15, 0.2) is 0 Å². The molecule has 1 aromatic rings. The molecule has 3 atom stereocenters. The van der Waals surface area contributed by atoms with E-state index in [-0.39, 0.29) is 6.10 Å². The highest BCUT2D eigenvalue weighted by molar-refractivity contribution is 5.13. The van der Waals surface area contributed by atoms with Crippen molar-refractivity contribution in [2.75, 3.05) is 0 Å². The van der Waals surface area contributed by atoms with Gasteiger partial charge in [-0.3, -0.25) is 0 Å². The lowest BCUT2D eigenvalue weighted by atomic mass is 10.1. The lowest BCUT2D eigenvalue weighted by Crippen LogP contribution is -2.18. The van der Waals surface area contributed by atoms with E-state index in [9.17, 15) is 5.11 Å². The van der Waals surface area contributed by atoms with E-state index in [1.807, 2.05) is 25.4 Å². The maximum Gasteiger partial charge on any atom is 0.107 e. The van der Waals surface area contributed by atoms with Crippen molar-refractivity contribution in [3.05, 3.63) is 24.0 Å². The van der Waals surface area contributed by atoms with E-state index in [0.717, 1.165) is 18.4 Å². The molecule has 2 heterocycles. The Kier molecular flexibility index (Phi) is 2.38. The first kappa shape index (κ1) is 8.78. The fraction of sp³-hybridized carbons (Fsp3) is 0.600. The van der Waals surface area contributed by atoms with Gasteiger partial charge in [-0.1, -0.05) is 0 Å². The third-order valence-corrected chi connectivity index (χ3v) is 2.58. The SMILES string of the molecule is CC1CCC(C(O)c2cc[nH]c2)O1. The lowest BCUT2D eigenvalue weighted by Gasteiger charge is -2.17. The van der Waals surface area contributed by atoms with Gasteiger partial charge in [-0.2, -0.15) is 0 Å². The molecule has 0 aromatic carbocycles. The second kappa shape index (κ2) is 3.52. The largest absolute Gasteiger partial charge is 0.386 e. The molecular formula is C10H15NO2. The van der Waals surface area contributed by atoms with Crippen molar-refractivity contribution >= 4 is 0 Å². The summed E-state index contributed by atoms with van der Waals surface area (Å²) >= 11 is 0. The van der Waals surface area contributed by atoms with Crippen LogP contribution < -0.4 is 0 Å². The Balaban J connectivity index is 2.02. The Hall–Kier alpha value is -0.800. The molecule has 1 saturated heterocycles. The maximum atomic E-state index is 9.88. The number of H-pyrrole nitrogens is 1. The highest BCUT2D eigenvalue weighted by Crippen LogP contribution is 2.29. The number of aliphatic hydroxyl groups excluding tert-OH is 1. The van der Waals surface area contributed by atoms with Gasteiger partial charge >= 0.3 is 0 Å². The number of hydrogen-bond donors (Lipinski definition) is 2. The summed E-state index contributed by atoms with van der Waals surface area (Å²) in [5.74, 6) is 0. The molecule has 3 heteroatoms. The van der Waals surface area contributed by atoms with Gasteiger partial charge < -0.3 is 14.8 Å². The maximum absolute atomic E-state index is 9.88. The van der Waals surface area contributed by atoms with Crippen molar-refractivity contribution in [3.63, 3.8) is 0 Å². The molecule has 0 spiro atoms. The Bertz CT molecular complexity index is 258. The van der Waals surface area contributed by atoms with E-state index in [2.05, 4.69) is 4.98 Å². The van der Waals surface area contributed by atoms with Crippen LogP contribution in [0.2, 0.25) is 0 Å². The van der Waals surface area contributed by atoms with Crippen molar-refractivity contribution in [1.82, 2.24) is 4.98 Å². The second-order valence-electron chi connectivity index (χ2n) is 3.65. The number of rotatable bonds is 2. The number of aromatic amines is 1. The Morgan fingerprint density at radius 2 is 2.46 bits per heavy atom. The van der Waals surface area contributed by atoms with Gasteiger partial charge in [0.25, 0.3) is 0 Å². The number of nitrogens with one attached hydrogen (secondary N) is 1. The molecule has 1 aromatic heterocycles. The molecule has 3 unspecified atom stereocenters. The van der Waals surface area contributed by atoms with Crippen LogP contribution in [0.5, 0.6) is 0 Å². The van der Waals surface area contributed by atoms with Crippen LogP contribution in [0.3, 0.4) is 0 Å². The average molecular weight is 181 g/mol. The first-order chi connectivity index (χ1) is 6.27. The summed E-state index contributed by atoms with van der Waals surface area (Å²) in [7, 11) is 0. The van der Waals surface area contributed by atoms with Gasteiger partial charge in [0.2, 0.25) is 0 Å². The smallest absolute Gasteiger partial charge is 0.107 e. The van der Waals surface area contributed by atoms with Crippen molar-refractivity contribution in [3.8, 4) is 0 Å². The monoisotopic (exact) mass is 181 g/mol. The summed E-state index contributed by atoms with van der Waals surface area (Å²) in [6.07, 6.45) is 5.42. The van der Waals surface area contributed by atoms with E-state index in [1.165, 1.54) is 0 Å². The molecule has 72 valence electrons. The molecule has 1 aliphatic heterocycles. The number of hydrogen-bond acceptors (Lipinski definition) is 2. The zero-order valence-electron chi connectivity index (χ0n) is 7.73. The van der Waals surface area contributed by atoms with Crippen LogP contribution in [0.4, 0.5) is 0 Å². The summed E-state index contributed by atoms with van der Waals surface area (Å²) < 4.78 is 5.58. The van der Waals surface area contributed by atoms with Crippen LogP contribution in [0, 0.1) is 0 Å². The summed E-state index contributed by atoms with van der Waals surface area (Å²) in [6, 6.07) is 1.89. The molecular weight excluding hydrogens is 166 g/mol. The van der Waals surface area contributed by atoms with E-state index >= 15 is 0 Å². The van der Waals surface area contributed by atoms with Gasteiger partial charge in [0, 0.05) is 18.0 Å². The van der Waals surface area contributed by atoms with Gasteiger partial charge in [-0.25, -0.2) is 0 Å². The predicted octanol–water partition coefficient (Wildman–Crippen LogP) is 1.62. The molecule has 13 heavy (non-hydrogen) atoms. The molecule has 0 radical (unpaired) electrons. The molecule has 0 aliphatic carbocycles. The molecule has 2 rings (SSSR count). The minimum absolute atomic E-state index is 0.0224. The summed E-state index contributed by atoms with van der Waals surface area (Å²) in [5.41, 5.74) is 0.916. The first-order valence-corrected chi connectivity index (χ1v) is 4.73. The number of ether oxygens (including phenoxy) is 1. The standard InChI is InChI=1S/C10H15NO2/c1-7-2-3-9(13-7)10(12)8-4-5-11-6-8/h4-7,9-12H,2-3H2,1H3. The predicted molar refractivity (Wildman–Crippen MR) is 49.3 cm³/mol. The molecule has 2 N–H and O–H groups in total. The fourth-order valence-electron chi connectivity index (χ4n) is 1.80. The number of aromatic nitrogens is 1. The quantitative estimate of drug-likeness (QED) is 0.728. The van der Waals surface area contributed by atoms with Gasteiger partial charge in [0.1, 0.15) is 6.10 Å². The molecule has 1 fully saturated rings. The van der Waals surface area contributed by atoms with E-state index in [4.69, 9.17) is 4.74 Å².